The Morgan fingerprint density at radius 2 is 1.90 bits per heavy atom. The number of aromatic carboxylic acids is 1. The van der Waals surface area contributed by atoms with E-state index in [1.165, 1.54) is 24.3 Å². The molecule has 0 fully saturated rings. The molecule has 3 aromatic rings. The van der Waals surface area contributed by atoms with Gasteiger partial charge < -0.3 is 10.8 Å². The van der Waals surface area contributed by atoms with Crippen LogP contribution in [0.1, 0.15) is 10.5 Å². The Morgan fingerprint density at radius 1 is 1.20 bits per heavy atom. The number of hydrogen-bond donors (Lipinski definition) is 2. The number of nitrogens with zero attached hydrogens (tertiary/aromatic N) is 3. The van der Waals surface area contributed by atoms with Gasteiger partial charge in [0, 0.05) is 5.56 Å². The summed E-state index contributed by atoms with van der Waals surface area (Å²) in [5.41, 5.74) is 6.73. The van der Waals surface area contributed by atoms with Gasteiger partial charge in [0.1, 0.15) is 5.82 Å². The zero-order valence-electron chi connectivity index (χ0n) is 10.1. The molecule has 0 amide bonds. The number of carboxylic acid groups (broad SMARTS) is 1. The highest BCUT2D eigenvalue weighted by Crippen LogP contribution is 2.25. The predicted molar refractivity (Wildman–Crippen MR) is 69.8 cm³/mol. The normalized spacial score (nSPS) is 10.8. The number of pyridine rings is 1. The topological polar surface area (TPSA) is 93.5 Å². The number of nitrogen functional groups attached to an aromatic ring is 1. The molecule has 0 unspecified atom stereocenters. The number of fused-ring (bicyclic) bond motifs is 1. The molecule has 20 heavy (non-hydrogen) atoms. The summed E-state index contributed by atoms with van der Waals surface area (Å²) < 4.78 is 14.1. The number of anilines is 1. The van der Waals surface area contributed by atoms with Crippen LogP contribution in [0.2, 0.25) is 0 Å². The zero-order chi connectivity index (χ0) is 14.3. The molecule has 2 aromatic heterocycles. The summed E-state index contributed by atoms with van der Waals surface area (Å²) in [4.78, 5) is 15.4. The van der Waals surface area contributed by atoms with Gasteiger partial charge in [-0.15, -0.1) is 5.10 Å². The second-order valence-corrected chi connectivity index (χ2v) is 4.15. The molecule has 2 heterocycles. The molecule has 0 aliphatic heterocycles. The number of aromatic nitrogens is 3. The monoisotopic (exact) mass is 272 g/mol. The minimum Gasteiger partial charge on any atom is -0.476 e. The van der Waals surface area contributed by atoms with Crippen LogP contribution in [0, 0.1) is 5.82 Å². The van der Waals surface area contributed by atoms with Crippen molar-refractivity contribution < 1.29 is 14.3 Å². The molecule has 0 saturated carbocycles. The fourth-order valence-corrected chi connectivity index (χ4v) is 2.03. The van der Waals surface area contributed by atoms with Gasteiger partial charge >= 0.3 is 5.97 Å². The summed E-state index contributed by atoms with van der Waals surface area (Å²) in [5, 5.41) is 13.3. The van der Waals surface area contributed by atoms with Gasteiger partial charge in [-0.1, -0.05) is 12.1 Å². The van der Waals surface area contributed by atoms with Crippen LogP contribution >= 0.6 is 0 Å². The van der Waals surface area contributed by atoms with Crippen molar-refractivity contribution in [3.05, 3.63) is 47.9 Å². The summed E-state index contributed by atoms with van der Waals surface area (Å²) in [6.07, 6.45) is 0. The largest absolute Gasteiger partial charge is 0.476 e. The third-order valence-electron chi connectivity index (χ3n) is 2.87. The molecule has 3 rings (SSSR count). The van der Waals surface area contributed by atoms with E-state index >= 15 is 0 Å². The Morgan fingerprint density at radius 3 is 2.55 bits per heavy atom. The van der Waals surface area contributed by atoms with Crippen molar-refractivity contribution >= 4 is 17.6 Å². The van der Waals surface area contributed by atoms with Crippen LogP contribution in [0.3, 0.4) is 0 Å². The van der Waals surface area contributed by atoms with E-state index in [4.69, 9.17) is 5.73 Å². The Kier molecular flexibility index (Phi) is 2.60. The average Bonchev–Trinajstić information content (AvgIpc) is 2.78. The number of rotatable bonds is 2. The average molecular weight is 272 g/mol. The van der Waals surface area contributed by atoms with Gasteiger partial charge in [-0.05, 0) is 29.8 Å². The van der Waals surface area contributed by atoms with E-state index in [1.807, 2.05) is 0 Å². The fraction of sp³-hybridized carbons (Fsp3) is 0. The first-order valence-corrected chi connectivity index (χ1v) is 5.71. The lowest BCUT2D eigenvalue weighted by molar-refractivity contribution is 0.0688. The van der Waals surface area contributed by atoms with Gasteiger partial charge in [0.25, 0.3) is 0 Å². The van der Waals surface area contributed by atoms with E-state index in [-0.39, 0.29) is 11.6 Å². The maximum absolute atomic E-state index is 13.0. The smallest absolute Gasteiger partial charge is 0.355 e. The molecule has 0 spiro atoms. The van der Waals surface area contributed by atoms with E-state index < -0.39 is 11.8 Å². The molecule has 100 valence electrons. The zero-order valence-corrected chi connectivity index (χ0v) is 10.1. The quantitative estimate of drug-likeness (QED) is 0.742. The third kappa shape index (κ3) is 1.85. The van der Waals surface area contributed by atoms with Gasteiger partial charge in [-0.25, -0.2) is 13.7 Å². The second kappa shape index (κ2) is 4.30. The molecule has 0 aliphatic rings. The number of hydrogen-bond acceptors (Lipinski definition) is 4. The predicted octanol–water partition coefficient (Wildman–Crippen LogP) is 1.82. The number of carboxylic acids is 1. The molecule has 1 aromatic carbocycles. The molecule has 6 nitrogen and oxygen atoms in total. The molecule has 7 heteroatoms. The van der Waals surface area contributed by atoms with Crippen molar-refractivity contribution in [1.29, 1.82) is 0 Å². The van der Waals surface area contributed by atoms with Crippen molar-refractivity contribution in [3.8, 4) is 11.1 Å². The summed E-state index contributed by atoms with van der Waals surface area (Å²) in [6.45, 7) is 0. The van der Waals surface area contributed by atoms with Gasteiger partial charge in [0.05, 0.1) is 0 Å². The lowest BCUT2D eigenvalue weighted by atomic mass is 10.0. The van der Waals surface area contributed by atoms with Gasteiger partial charge in [0.15, 0.2) is 11.3 Å². The van der Waals surface area contributed by atoms with Gasteiger partial charge in [-0.2, -0.15) is 4.98 Å². The molecular weight excluding hydrogens is 263 g/mol. The first kappa shape index (κ1) is 12.1. The van der Waals surface area contributed by atoms with Crippen LogP contribution < -0.4 is 5.73 Å². The lowest BCUT2D eigenvalue weighted by Crippen LogP contribution is -2.09. The van der Waals surface area contributed by atoms with Crippen LogP contribution in [0.15, 0.2) is 36.4 Å². The minimum atomic E-state index is -1.17. The van der Waals surface area contributed by atoms with Crippen LogP contribution in [0.4, 0.5) is 10.3 Å². The van der Waals surface area contributed by atoms with Crippen molar-refractivity contribution in [2.45, 2.75) is 0 Å². The summed E-state index contributed by atoms with van der Waals surface area (Å²) in [5.74, 6) is -1.57. The maximum Gasteiger partial charge on any atom is 0.355 e. The number of carbonyl (C=O) groups is 1. The molecular formula is C13H9FN4O2. The number of halogens is 1. The summed E-state index contributed by atoms with van der Waals surface area (Å²) >= 11 is 0. The van der Waals surface area contributed by atoms with Crippen LogP contribution in [-0.2, 0) is 0 Å². The molecule has 0 radical (unpaired) electrons. The van der Waals surface area contributed by atoms with Crippen molar-refractivity contribution in [2.24, 2.45) is 0 Å². The second-order valence-electron chi connectivity index (χ2n) is 4.15. The van der Waals surface area contributed by atoms with Crippen LogP contribution in [0.5, 0.6) is 0 Å². The standard InChI is InChI=1S/C13H9FN4O2/c14-8-3-1-7(2-4-8)9-5-6-10-16-13(15)17-18(10)11(9)12(19)20/h1-6H,(H2,15,17)(H,19,20). The first-order chi connectivity index (χ1) is 9.56. The van der Waals surface area contributed by atoms with E-state index in [1.54, 1.807) is 12.1 Å². The molecule has 0 aliphatic carbocycles. The van der Waals surface area contributed by atoms with E-state index in [0.717, 1.165) is 4.52 Å². The summed E-state index contributed by atoms with van der Waals surface area (Å²) in [7, 11) is 0. The molecule has 0 atom stereocenters. The van der Waals surface area contributed by atoms with Crippen molar-refractivity contribution in [3.63, 3.8) is 0 Å². The van der Waals surface area contributed by atoms with Crippen molar-refractivity contribution in [1.82, 2.24) is 14.6 Å². The maximum atomic E-state index is 13.0. The van der Waals surface area contributed by atoms with Gasteiger partial charge in [0.2, 0.25) is 5.95 Å². The van der Waals surface area contributed by atoms with Crippen molar-refractivity contribution in [2.75, 3.05) is 5.73 Å². The molecule has 3 N–H and O–H groups in total. The Labute approximate surface area is 112 Å². The Bertz CT molecular complexity index is 811. The Balaban J connectivity index is 2.32. The third-order valence-corrected chi connectivity index (χ3v) is 2.87. The summed E-state index contributed by atoms with van der Waals surface area (Å²) in [6, 6.07) is 8.74. The number of nitrogens with two attached hydrogens (primary N) is 1. The van der Waals surface area contributed by atoms with Gasteiger partial charge in [-0.3, -0.25) is 0 Å². The molecule has 0 saturated heterocycles. The highest BCUT2D eigenvalue weighted by atomic mass is 19.1. The lowest BCUT2D eigenvalue weighted by Gasteiger charge is -2.07. The van der Waals surface area contributed by atoms with Crippen LogP contribution in [-0.4, -0.2) is 25.7 Å². The van der Waals surface area contributed by atoms with E-state index in [2.05, 4.69) is 10.1 Å². The Hall–Kier alpha value is -2.96. The fourth-order valence-electron chi connectivity index (χ4n) is 2.03. The van der Waals surface area contributed by atoms with Crippen LogP contribution in [0.25, 0.3) is 16.8 Å². The molecule has 0 bridgehead atoms. The van der Waals surface area contributed by atoms with E-state index in [0.29, 0.717) is 16.8 Å². The highest BCUT2D eigenvalue weighted by molar-refractivity contribution is 5.95. The minimum absolute atomic E-state index is 0.0104. The number of benzene rings is 1. The van der Waals surface area contributed by atoms with E-state index in [9.17, 15) is 14.3 Å². The first-order valence-electron chi connectivity index (χ1n) is 5.71. The SMILES string of the molecule is Nc1nc2ccc(-c3ccc(F)cc3)c(C(=O)O)n2n1. The highest BCUT2D eigenvalue weighted by Gasteiger charge is 2.18.